The van der Waals surface area contributed by atoms with E-state index < -0.39 is 0 Å². The number of aromatic nitrogens is 2. The van der Waals surface area contributed by atoms with Gasteiger partial charge in [0.05, 0.1) is 19.9 Å². The van der Waals surface area contributed by atoms with Gasteiger partial charge < -0.3 is 4.40 Å². The molecule has 0 unspecified atom stereocenters. The van der Waals surface area contributed by atoms with Crippen LogP contribution in [0.15, 0.2) is 36.7 Å². The third-order valence-electron chi connectivity index (χ3n) is 2.24. The smallest absolute Gasteiger partial charge is 0.137 e. The van der Waals surface area contributed by atoms with E-state index in [0.717, 1.165) is 20.6 Å². The molecule has 0 bridgehead atoms. The Labute approximate surface area is 106 Å². The predicted octanol–water partition coefficient (Wildman–Crippen LogP) is 4.37. The van der Waals surface area contributed by atoms with Gasteiger partial charge in [-0.05, 0) is 24.3 Å². The van der Waals surface area contributed by atoms with Gasteiger partial charge in [0.25, 0.3) is 0 Å². The molecule has 0 aliphatic carbocycles. The molecule has 16 heavy (non-hydrogen) atoms. The first-order valence-electron chi connectivity index (χ1n) is 4.62. The molecule has 3 heterocycles. The Morgan fingerprint density at radius 2 is 1.94 bits per heavy atom. The molecule has 3 aromatic rings. The first-order valence-corrected chi connectivity index (χ1v) is 6.19. The molecular formula is C11H6Cl2N2S. The molecule has 3 rings (SSSR count). The largest absolute Gasteiger partial charge is 0.305 e. The number of pyridine rings is 1. The Morgan fingerprint density at radius 3 is 2.69 bits per heavy atom. The van der Waals surface area contributed by atoms with Gasteiger partial charge >= 0.3 is 0 Å². The molecule has 0 fully saturated rings. The molecule has 3 aromatic heterocycles. The molecule has 0 aromatic carbocycles. The molecule has 0 atom stereocenters. The highest BCUT2D eigenvalue weighted by atomic mass is 35.5. The first kappa shape index (κ1) is 10.1. The van der Waals surface area contributed by atoms with Crippen LogP contribution in [0.4, 0.5) is 0 Å². The van der Waals surface area contributed by atoms with Crippen LogP contribution in [0.2, 0.25) is 9.36 Å². The molecule has 0 aliphatic heterocycles. The van der Waals surface area contributed by atoms with Crippen LogP contribution in [0, 0.1) is 0 Å². The minimum Gasteiger partial charge on any atom is -0.305 e. The van der Waals surface area contributed by atoms with Crippen molar-refractivity contribution in [3.8, 4) is 10.6 Å². The van der Waals surface area contributed by atoms with E-state index in [9.17, 15) is 0 Å². The van der Waals surface area contributed by atoms with Gasteiger partial charge in [-0.15, -0.1) is 11.3 Å². The van der Waals surface area contributed by atoms with Gasteiger partial charge in [-0.2, -0.15) is 0 Å². The van der Waals surface area contributed by atoms with Crippen molar-refractivity contribution in [1.29, 1.82) is 0 Å². The summed E-state index contributed by atoms with van der Waals surface area (Å²) >= 11 is 13.3. The van der Waals surface area contributed by atoms with Crippen molar-refractivity contribution in [2.24, 2.45) is 0 Å². The van der Waals surface area contributed by atoms with Crippen molar-refractivity contribution < 1.29 is 0 Å². The number of rotatable bonds is 1. The highest BCUT2D eigenvalue weighted by Crippen LogP contribution is 2.30. The van der Waals surface area contributed by atoms with E-state index in [0.29, 0.717) is 5.02 Å². The van der Waals surface area contributed by atoms with Crippen molar-refractivity contribution in [2.45, 2.75) is 0 Å². The maximum atomic E-state index is 5.91. The summed E-state index contributed by atoms with van der Waals surface area (Å²) in [5.74, 6) is 0. The summed E-state index contributed by atoms with van der Waals surface area (Å²) in [6, 6.07) is 7.56. The number of imidazole rings is 1. The van der Waals surface area contributed by atoms with Crippen LogP contribution in [0.1, 0.15) is 0 Å². The molecule has 5 heteroatoms. The minimum absolute atomic E-state index is 0.695. The third-order valence-corrected chi connectivity index (χ3v) is 3.72. The number of hydrogen-bond donors (Lipinski definition) is 0. The number of fused-ring (bicyclic) bond motifs is 1. The van der Waals surface area contributed by atoms with E-state index in [1.165, 1.54) is 11.3 Å². The second kappa shape index (κ2) is 3.77. The second-order valence-electron chi connectivity index (χ2n) is 3.34. The molecule has 2 nitrogen and oxygen atoms in total. The summed E-state index contributed by atoms with van der Waals surface area (Å²) in [7, 11) is 0. The summed E-state index contributed by atoms with van der Waals surface area (Å²) < 4.78 is 2.68. The highest BCUT2D eigenvalue weighted by molar-refractivity contribution is 7.19. The summed E-state index contributed by atoms with van der Waals surface area (Å²) in [4.78, 5) is 5.55. The Bertz CT molecular complexity index is 657. The molecule has 80 valence electrons. The number of nitrogens with zero attached hydrogens (tertiary/aromatic N) is 2. The van der Waals surface area contributed by atoms with Crippen LogP contribution in [-0.2, 0) is 0 Å². The summed E-state index contributed by atoms with van der Waals surface area (Å²) in [5, 5.41) is 0.695. The van der Waals surface area contributed by atoms with Crippen molar-refractivity contribution in [3.05, 3.63) is 46.0 Å². The van der Waals surface area contributed by atoms with Crippen LogP contribution < -0.4 is 0 Å². The maximum Gasteiger partial charge on any atom is 0.137 e. The number of hydrogen-bond acceptors (Lipinski definition) is 2. The van der Waals surface area contributed by atoms with Crippen LogP contribution >= 0.6 is 34.5 Å². The standard InChI is InChI=1S/C11H6Cl2N2S/c12-7-1-4-11-14-8(6-15(11)5-7)9-2-3-10(13)16-9/h1-6H. The summed E-state index contributed by atoms with van der Waals surface area (Å²) in [6.07, 6.45) is 3.78. The van der Waals surface area contributed by atoms with E-state index in [-0.39, 0.29) is 0 Å². The molecule has 0 spiro atoms. The Kier molecular flexibility index (Phi) is 2.39. The molecule has 0 saturated heterocycles. The first-order chi connectivity index (χ1) is 7.72. The normalized spacial score (nSPS) is 11.1. The van der Waals surface area contributed by atoms with Gasteiger partial charge in [-0.1, -0.05) is 23.2 Å². The Balaban J connectivity index is 2.18. The van der Waals surface area contributed by atoms with Crippen LogP contribution in [0.25, 0.3) is 16.2 Å². The van der Waals surface area contributed by atoms with Crippen LogP contribution in [-0.4, -0.2) is 9.38 Å². The zero-order valence-corrected chi connectivity index (χ0v) is 10.4. The Hall–Kier alpha value is -1.03. The zero-order chi connectivity index (χ0) is 11.1. The van der Waals surface area contributed by atoms with E-state index in [2.05, 4.69) is 4.98 Å². The summed E-state index contributed by atoms with van der Waals surface area (Å²) in [6.45, 7) is 0. The number of thiophene rings is 1. The molecule has 0 aliphatic rings. The van der Waals surface area contributed by atoms with Gasteiger partial charge in [0.1, 0.15) is 5.65 Å². The van der Waals surface area contributed by atoms with Crippen molar-refractivity contribution in [3.63, 3.8) is 0 Å². The van der Waals surface area contributed by atoms with E-state index in [1.807, 2.05) is 41.1 Å². The van der Waals surface area contributed by atoms with Crippen LogP contribution in [0.3, 0.4) is 0 Å². The fourth-order valence-corrected chi connectivity index (χ4v) is 2.70. The molecular weight excluding hydrogens is 263 g/mol. The van der Waals surface area contributed by atoms with Gasteiger partial charge in [-0.3, -0.25) is 0 Å². The van der Waals surface area contributed by atoms with Crippen molar-refractivity contribution in [1.82, 2.24) is 9.38 Å². The average Bonchev–Trinajstić information content (AvgIpc) is 2.83. The highest BCUT2D eigenvalue weighted by Gasteiger charge is 2.06. The zero-order valence-electron chi connectivity index (χ0n) is 8.02. The lowest BCUT2D eigenvalue weighted by Gasteiger charge is -1.91. The Morgan fingerprint density at radius 1 is 1.06 bits per heavy atom. The van der Waals surface area contributed by atoms with E-state index >= 15 is 0 Å². The molecule has 0 amide bonds. The molecule has 0 N–H and O–H groups in total. The lowest BCUT2D eigenvalue weighted by molar-refractivity contribution is 1.19. The summed E-state index contributed by atoms with van der Waals surface area (Å²) in [5.41, 5.74) is 1.79. The molecule has 0 saturated carbocycles. The fourth-order valence-electron chi connectivity index (χ4n) is 1.54. The van der Waals surface area contributed by atoms with Gasteiger partial charge in [0.2, 0.25) is 0 Å². The van der Waals surface area contributed by atoms with Crippen molar-refractivity contribution in [2.75, 3.05) is 0 Å². The van der Waals surface area contributed by atoms with Gasteiger partial charge in [0, 0.05) is 12.4 Å². The average molecular weight is 269 g/mol. The van der Waals surface area contributed by atoms with Crippen molar-refractivity contribution >= 4 is 40.2 Å². The quantitative estimate of drug-likeness (QED) is 0.641. The SMILES string of the molecule is Clc1ccc2nc(-c3ccc(Cl)s3)cn2c1. The minimum atomic E-state index is 0.695. The van der Waals surface area contributed by atoms with Crippen LogP contribution in [0.5, 0.6) is 0 Å². The van der Waals surface area contributed by atoms with E-state index in [4.69, 9.17) is 23.2 Å². The lowest BCUT2D eigenvalue weighted by atomic mass is 10.4. The monoisotopic (exact) mass is 268 g/mol. The predicted molar refractivity (Wildman–Crippen MR) is 68.5 cm³/mol. The lowest BCUT2D eigenvalue weighted by Crippen LogP contribution is -1.79. The fraction of sp³-hybridized carbons (Fsp3) is 0. The van der Waals surface area contributed by atoms with Gasteiger partial charge in [0.15, 0.2) is 0 Å². The van der Waals surface area contributed by atoms with Gasteiger partial charge in [-0.25, -0.2) is 4.98 Å². The third kappa shape index (κ3) is 1.71. The molecule has 0 radical (unpaired) electrons. The van der Waals surface area contributed by atoms with E-state index in [1.54, 1.807) is 0 Å². The topological polar surface area (TPSA) is 17.3 Å². The maximum absolute atomic E-state index is 5.91. The number of halogens is 2. The second-order valence-corrected chi connectivity index (χ2v) is 5.49.